The number of fused-ring (bicyclic) bond motifs is 4. The van der Waals surface area contributed by atoms with Crippen molar-refractivity contribution in [3.05, 3.63) is 41.0 Å². The van der Waals surface area contributed by atoms with Crippen molar-refractivity contribution >= 4 is 17.9 Å². The Kier molecular flexibility index (Phi) is 2.78. The molecule has 0 radical (unpaired) electrons. The smallest absolute Gasteiger partial charge is 0.134 e. The van der Waals surface area contributed by atoms with Crippen molar-refractivity contribution in [3.63, 3.8) is 0 Å². The number of benzene rings is 1. The normalized spacial score (nSPS) is 23.0. The molecule has 0 saturated heterocycles. The number of nitrogens with zero attached hydrogens (tertiary/aromatic N) is 3. The van der Waals surface area contributed by atoms with Gasteiger partial charge in [0.25, 0.3) is 0 Å². The van der Waals surface area contributed by atoms with Crippen LogP contribution in [0.15, 0.2) is 39.8 Å². The zero-order valence-corrected chi connectivity index (χ0v) is 12.8. The topological polar surface area (TPSA) is 28.0 Å². The molecule has 108 valence electrons. The van der Waals surface area contributed by atoms with E-state index < -0.39 is 0 Å². The molecule has 0 atom stereocenters. The maximum absolute atomic E-state index is 4.90. The Balaban J connectivity index is 1.84. The van der Waals surface area contributed by atoms with Crippen molar-refractivity contribution in [2.45, 2.75) is 33.1 Å². The second-order valence-electron chi connectivity index (χ2n) is 7.01. The quantitative estimate of drug-likeness (QED) is 0.714. The van der Waals surface area contributed by atoms with E-state index in [1.165, 1.54) is 23.1 Å². The Morgan fingerprint density at radius 2 is 2.00 bits per heavy atom. The molecule has 0 saturated carbocycles. The van der Waals surface area contributed by atoms with Crippen LogP contribution >= 0.6 is 0 Å². The molecule has 3 nitrogen and oxygen atoms in total. The molecule has 1 aromatic carbocycles. The minimum Gasteiger partial charge on any atom is -0.317 e. The Morgan fingerprint density at radius 1 is 1.14 bits per heavy atom. The average molecular weight is 279 g/mol. The summed E-state index contributed by atoms with van der Waals surface area (Å²) in [5.74, 6) is 1.16. The summed E-state index contributed by atoms with van der Waals surface area (Å²) in [7, 11) is 0. The van der Waals surface area contributed by atoms with Crippen molar-refractivity contribution in [1.82, 2.24) is 4.90 Å². The van der Waals surface area contributed by atoms with Gasteiger partial charge in [-0.25, -0.2) is 4.99 Å². The van der Waals surface area contributed by atoms with Crippen molar-refractivity contribution in [2.24, 2.45) is 15.4 Å². The van der Waals surface area contributed by atoms with E-state index in [0.29, 0.717) is 0 Å². The fourth-order valence-corrected chi connectivity index (χ4v) is 3.53. The van der Waals surface area contributed by atoms with Gasteiger partial charge in [-0.1, -0.05) is 38.1 Å². The van der Waals surface area contributed by atoms with Crippen LogP contribution < -0.4 is 0 Å². The summed E-state index contributed by atoms with van der Waals surface area (Å²) < 4.78 is 0. The van der Waals surface area contributed by atoms with Crippen LogP contribution in [-0.2, 0) is 6.42 Å². The maximum Gasteiger partial charge on any atom is 0.134 e. The van der Waals surface area contributed by atoms with E-state index in [2.05, 4.69) is 43.0 Å². The Morgan fingerprint density at radius 3 is 2.90 bits per heavy atom. The third kappa shape index (κ3) is 2.11. The van der Waals surface area contributed by atoms with E-state index in [9.17, 15) is 0 Å². The highest BCUT2D eigenvalue weighted by atomic mass is 15.2. The highest BCUT2D eigenvalue weighted by molar-refractivity contribution is 6.13. The standard InChI is InChI=1S/C18H21N3/c1-18(2)10-19-17-15-9-5-7-13-6-3-4-8-14(13)16(15)20-12-21(17)11-18/h3-4,6,8,12H,5,7,9-11H2,1-2H3. The molecule has 2 heterocycles. The lowest BCUT2D eigenvalue weighted by molar-refractivity contribution is 0.300. The van der Waals surface area contributed by atoms with E-state index in [-0.39, 0.29) is 5.41 Å². The highest BCUT2D eigenvalue weighted by Gasteiger charge is 2.33. The molecule has 2 aliphatic heterocycles. The number of rotatable bonds is 0. The summed E-state index contributed by atoms with van der Waals surface area (Å²) >= 11 is 0. The predicted octanol–water partition coefficient (Wildman–Crippen LogP) is 3.52. The van der Waals surface area contributed by atoms with Gasteiger partial charge in [0.05, 0.1) is 12.0 Å². The molecule has 0 bridgehead atoms. The van der Waals surface area contributed by atoms with Gasteiger partial charge in [-0.05, 0) is 24.8 Å². The zero-order chi connectivity index (χ0) is 14.4. The molecule has 0 unspecified atom stereocenters. The Bertz CT molecular complexity index is 679. The molecule has 1 aliphatic carbocycles. The van der Waals surface area contributed by atoms with E-state index in [1.54, 1.807) is 0 Å². The van der Waals surface area contributed by atoms with Crippen LogP contribution in [0, 0.1) is 5.41 Å². The third-order valence-electron chi connectivity index (χ3n) is 4.55. The van der Waals surface area contributed by atoms with Gasteiger partial charge in [0.2, 0.25) is 0 Å². The zero-order valence-electron chi connectivity index (χ0n) is 12.8. The van der Waals surface area contributed by atoms with Gasteiger partial charge >= 0.3 is 0 Å². The van der Waals surface area contributed by atoms with Crippen LogP contribution in [0.3, 0.4) is 0 Å². The molecule has 0 amide bonds. The lowest BCUT2D eigenvalue weighted by Crippen LogP contribution is -2.45. The number of amidine groups is 1. The first kappa shape index (κ1) is 12.8. The van der Waals surface area contributed by atoms with Crippen molar-refractivity contribution in [2.75, 3.05) is 13.1 Å². The van der Waals surface area contributed by atoms with Gasteiger partial charge in [-0.15, -0.1) is 0 Å². The van der Waals surface area contributed by atoms with E-state index >= 15 is 0 Å². The second kappa shape index (κ2) is 4.55. The molecule has 21 heavy (non-hydrogen) atoms. The highest BCUT2D eigenvalue weighted by Crippen LogP contribution is 2.36. The van der Waals surface area contributed by atoms with Crippen molar-refractivity contribution < 1.29 is 0 Å². The molecule has 4 rings (SSSR count). The number of hydrogen-bond acceptors (Lipinski definition) is 3. The summed E-state index contributed by atoms with van der Waals surface area (Å²) in [5, 5.41) is 0. The van der Waals surface area contributed by atoms with Gasteiger partial charge in [0.1, 0.15) is 5.84 Å². The first-order valence-corrected chi connectivity index (χ1v) is 7.81. The summed E-state index contributed by atoms with van der Waals surface area (Å²) in [5.41, 5.74) is 5.45. The average Bonchev–Trinajstić information content (AvgIpc) is 2.65. The van der Waals surface area contributed by atoms with Crippen molar-refractivity contribution in [1.29, 1.82) is 0 Å². The monoisotopic (exact) mass is 279 g/mol. The lowest BCUT2D eigenvalue weighted by Gasteiger charge is -2.38. The number of aliphatic imine (C=N–C) groups is 2. The summed E-state index contributed by atoms with van der Waals surface area (Å²) in [6.07, 6.45) is 5.39. The third-order valence-corrected chi connectivity index (χ3v) is 4.55. The molecule has 3 heteroatoms. The Labute approximate surface area is 126 Å². The largest absolute Gasteiger partial charge is 0.317 e. The van der Waals surface area contributed by atoms with Gasteiger partial charge in [-0.3, -0.25) is 4.99 Å². The Hall–Kier alpha value is -1.90. The summed E-state index contributed by atoms with van der Waals surface area (Å²) in [6, 6.07) is 8.68. The second-order valence-corrected chi connectivity index (χ2v) is 7.01. The van der Waals surface area contributed by atoms with Crippen LogP contribution in [0.2, 0.25) is 0 Å². The van der Waals surface area contributed by atoms with Crippen LogP contribution in [-0.4, -0.2) is 30.2 Å². The summed E-state index contributed by atoms with van der Waals surface area (Å²) in [4.78, 5) is 11.9. The molecule has 3 aliphatic rings. The van der Waals surface area contributed by atoms with Crippen molar-refractivity contribution in [3.8, 4) is 0 Å². The fraction of sp³-hybridized carbons (Fsp3) is 0.444. The van der Waals surface area contributed by atoms with E-state index in [0.717, 1.165) is 37.5 Å². The molecular weight excluding hydrogens is 258 g/mol. The van der Waals surface area contributed by atoms with E-state index in [1.807, 2.05) is 6.34 Å². The first-order valence-electron chi connectivity index (χ1n) is 7.81. The first-order chi connectivity index (χ1) is 10.1. The van der Waals surface area contributed by atoms with E-state index in [4.69, 9.17) is 9.98 Å². The predicted molar refractivity (Wildman–Crippen MR) is 87.6 cm³/mol. The SMILES string of the molecule is CC1(C)CN=C2C3=C(N=CN2C1)c1ccccc1CCC3. The molecule has 0 spiro atoms. The van der Waals surface area contributed by atoms with Crippen LogP contribution in [0.4, 0.5) is 0 Å². The molecular formula is C18H21N3. The van der Waals surface area contributed by atoms with Crippen LogP contribution in [0.1, 0.15) is 37.8 Å². The molecule has 0 aromatic heterocycles. The van der Waals surface area contributed by atoms with Gasteiger partial charge in [-0.2, -0.15) is 0 Å². The summed E-state index contributed by atoms with van der Waals surface area (Å²) in [6.45, 7) is 6.46. The van der Waals surface area contributed by atoms with Gasteiger partial charge < -0.3 is 4.90 Å². The fourth-order valence-electron chi connectivity index (χ4n) is 3.53. The van der Waals surface area contributed by atoms with Crippen LogP contribution in [0.5, 0.6) is 0 Å². The number of hydrogen-bond donors (Lipinski definition) is 0. The minimum atomic E-state index is 0.232. The number of aryl methyl sites for hydroxylation is 1. The van der Waals surface area contributed by atoms with Gasteiger partial charge in [0.15, 0.2) is 0 Å². The minimum absolute atomic E-state index is 0.232. The molecule has 0 fully saturated rings. The molecule has 0 N–H and O–H groups in total. The molecule has 1 aromatic rings. The van der Waals surface area contributed by atoms with Gasteiger partial charge in [0, 0.05) is 29.6 Å². The maximum atomic E-state index is 4.90. The van der Waals surface area contributed by atoms with Crippen LogP contribution in [0.25, 0.3) is 5.70 Å². The lowest BCUT2D eigenvalue weighted by atomic mass is 9.90.